The molecular weight excluding hydrogens is 309 g/mol. The van der Waals surface area contributed by atoms with Crippen LogP contribution in [-0.2, 0) is 13.6 Å². The van der Waals surface area contributed by atoms with Crippen molar-refractivity contribution in [2.45, 2.75) is 32.7 Å². The Morgan fingerprint density at radius 1 is 1.29 bits per heavy atom. The smallest absolute Gasteiger partial charge is 0.269 e. The first-order chi connectivity index (χ1) is 11.6. The van der Waals surface area contributed by atoms with Crippen LogP contribution in [0.25, 0.3) is 0 Å². The second kappa shape index (κ2) is 9.05. The van der Waals surface area contributed by atoms with Gasteiger partial charge >= 0.3 is 0 Å². The van der Waals surface area contributed by atoms with E-state index in [1.165, 1.54) is 0 Å². The molecule has 0 aliphatic heterocycles. The van der Waals surface area contributed by atoms with E-state index in [1.807, 2.05) is 31.2 Å². The Morgan fingerprint density at radius 3 is 2.83 bits per heavy atom. The summed E-state index contributed by atoms with van der Waals surface area (Å²) in [6.07, 6.45) is 2.25. The summed E-state index contributed by atoms with van der Waals surface area (Å²) in [4.78, 5) is 12.2. The van der Waals surface area contributed by atoms with E-state index in [4.69, 9.17) is 4.74 Å². The number of hydrogen-bond donors (Lipinski definition) is 1. The SMILES string of the molecule is Cc1cc(C(=O)NCc2cccc(OCCCCCF)c2)n(C)n1. The van der Waals surface area contributed by atoms with Gasteiger partial charge in [0.15, 0.2) is 0 Å². The average Bonchev–Trinajstić information content (AvgIpc) is 2.91. The van der Waals surface area contributed by atoms with E-state index in [9.17, 15) is 9.18 Å². The van der Waals surface area contributed by atoms with Crippen LogP contribution in [0.5, 0.6) is 5.75 Å². The van der Waals surface area contributed by atoms with Crippen molar-refractivity contribution >= 4 is 5.91 Å². The molecule has 2 aromatic rings. The van der Waals surface area contributed by atoms with Gasteiger partial charge in [-0.3, -0.25) is 13.9 Å². The Labute approximate surface area is 141 Å². The monoisotopic (exact) mass is 333 g/mol. The van der Waals surface area contributed by atoms with E-state index in [2.05, 4.69) is 10.4 Å². The van der Waals surface area contributed by atoms with Crippen LogP contribution in [0.15, 0.2) is 30.3 Å². The first-order valence-corrected chi connectivity index (χ1v) is 8.16. The number of carbonyl (C=O) groups is 1. The van der Waals surface area contributed by atoms with Crippen molar-refractivity contribution < 1.29 is 13.9 Å². The van der Waals surface area contributed by atoms with Crippen molar-refractivity contribution in [2.75, 3.05) is 13.3 Å². The third-order valence-electron chi connectivity index (χ3n) is 3.63. The first kappa shape index (κ1) is 18.0. The van der Waals surface area contributed by atoms with Gasteiger partial charge in [0.25, 0.3) is 5.91 Å². The third kappa shape index (κ3) is 5.37. The summed E-state index contributed by atoms with van der Waals surface area (Å²) in [6.45, 7) is 2.57. The average molecular weight is 333 g/mol. The van der Waals surface area contributed by atoms with Crippen molar-refractivity contribution in [3.8, 4) is 5.75 Å². The minimum atomic E-state index is -0.272. The summed E-state index contributed by atoms with van der Waals surface area (Å²) >= 11 is 0. The third-order valence-corrected chi connectivity index (χ3v) is 3.63. The van der Waals surface area contributed by atoms with Crippen LogP contribution in [0.2, 0.25) is 0 Å². The van der Waals surface area contributed by atoms with Gasteiger partial charge in [-0.25, -0.2) is 0 Å². The van der Waals surface area contributed by atoms with Gasteiger partial charge in [0.2, 0.25) is 0 Å². The Bertz CT molecular complexity index is 670. The number of hydrogen-bond acceptors (Lipinski definition) is 3. The summed E-state index contributed by atoms with van der Waals surface area (Å²) in [7, 11) is 1.75. The summed E-state index contributed by atoms with van der Waals surface area (Å²) in [5.74, 6) is 0.606. The maximum atomic E-state index is 12.2. The second-order valence-electron chi connectivity index (χ2n) is 5.72. The zero-order valence-corrected chi connectivity index (χ0v) is 14.2. The Hall–Kier alpha value is -2.37. The number of nitrogens with one attached hydrogen (secondary N) is 1. The maximum Gasteiger partial charge on any atom is 0.269 e. The van der Waals surface area contributed by atoms with Crippen LogP contribution in [0.1, 0.15) is 41.0 Å². The van der Waals surface area contributed by atoms with E-state index >= 15 is 0 Å². The predicted octanol–water partition coefficient (Wildman–Crippen LogP) is 3.18. The molecule has 0 aliphatic carbocycles. The lowest BCUT2D eigenvalue weighted by molar-refractivity contribution is 0.0941. The van der Waals surface area contributed by atoms with Crippen molar-refractivity contribution in [1.82, 2.24) is 15.1 Å². The van der Waals surface area contributed by atoms with Gasteiger partial charge in [-0.15, -0.1) is 0 Å². The number of carbonyl (C=O) groups excluding carboxylic acids is 1. The second-order valence-corrected chi connectivity index (χ2v) is 5.72. The summed E-state index contributed by atoms with van der Waals surface area (Å²) in [6, 6.07) is 9.37. The minimum Gasteiger partial charge on any atom is -0.494 e. The number of benzene rings is 1. The molecule has 5 nitrogen and oxygen atoms in total. The molecule has 0 unspecified atom stereocenters. The van der Waals surface area contributed by atoms with Gasteiger partial charge < -0.3 is 10.1 Å². The maximum absolute atomic E-state index is 12.2. The molecule has 130 valence electrons. The van der Waals surface area contributed by atoms with E-state index in [1.54, 1.807) is 17.8 Å². The summed E-state index contributed by atoms with van der Waals surface area (Å²) in [5.41, 5.74) is 2.31. The molecule has 0 atom stereocenters. The molecule has 1 aromatic heterocycles. The molecule has 24 heavy (non-hydrogen) atoms. The molecule has 0 saturated heterocycles. The largest absolute Gasteiger partial charge is 0.494 e. The van der Waals surface area contributed by atoms with Crippen molar-refractivity contribution in [3.05, 3.63) is 47.3 Å². The van der Waals surface area contributed by atoms with Crippen molar-refractivity contribution in [2.24, 2.45) is 7.05 Å². The Kier molecular flexibility index (Phi) is 6.78. The molecule has 2 rings (SSSR count). The number of nitrogens with zero attached hydrogens (tertiary/aromatic N) is 2. The lowest BCUT2D eigenvalue weighted by atomic mass is 10.2. The van der Waals surface area contributed by atoms with Crippen LogP contribution < -0.4 is 10.1 Å². The molecule has 0 bridgehead atoms. The lowest BCUT2D eigenvalue weighted by Crippen LogP contribution is -2.25. The van der Waals surface area contributed by atoms with Gasteiger partial charge in [0.1, 0.15) is 11.4 Å². The van der Waals surface area contributed by atoms with Crippen LogP contribution in [0.4, 0.5) is 4.39 Å². The molecule has 0 fully saturated rings. The molecule has 1 N–H and O–H groups in total. The molecule has 0 aliphatic rings. The van der Waals surface area contributed by atoms with Crippen LogP contribution >= 0.6 is 0 Å². The first-order valence-electron chi connectivity index (χ1n) is 8.16. The number of aromatic nitrogens is 2. The molecule has 6 heteroatoms. The van der Waals surface area contributed by atoms with E-state index < -0.39 is 0 Å². The van der Waals surface area contributed by atoms with E-state index in [0.29, 0.717) is 25.3 Å². The number of amides is 1. The van der Waals surface area contributed by atoms with Gasteiger partial charge in [-0.2, -0.15) is 5.10 Å². The quantitative estimate of drug-likeness (QED) is 0.717. The normalized spacial score (nSPS) is 10.6. The molecule has 0 radical (unpaired) electrons. The summed E-state index contributed by atoms with van der Waals surface area (Å²) < 4.78 is 19.2. The number of aryl methyl sites for hydroxylation is 2. The number of rotatable bonds is 9. The highest BCUT2D eigenvalue weighted by atomic mass is 19.1. The number of ether oxygens (including phenoxy) is 1. The summed E-state index contributed by atoms with van der Waals surface area (Å²) in [5, 5.41) is 7.05. The zero-order chi connectivity index (χ0) is 17.4. The number of unbranched alkanes of at least 4 members (excludes halogenated alkanes) is 2. The Morgan fingerprint density at radius 2 is 2.12 bits per heavy atom. The zero-order valence-electron chi connectivity index (χ0n) is 14.2. The molecule has 1 heterocycles. The van der Waals surface area contributed by atoms with Crippen molar-refractivity contribution in [1.29, 1.82) is 0 Å². The number of alkyl halides is 1. The fourth-order valence-electron chi connectivity index (χ4n) is 2.40. The molecule has 1 aromatic carbocycles. The van der Waals surface area contributed by atoms with Gasteiger partial charge in [-0.1, -0.05) is 12.1 Å². The van der Waals surface area contributed by atoms with Crippen LogP contribution in [0.3, 0.4) is 0 Å². The number of halogens is 1. The highest BCUT2D eigenvalue weighted by Crippen LogP contribution is 2.14. The lowest BCUT2D eigenvalue weighted by Gasteiger charge is -2.09. The van der Waals surface area contributed by atoms with Crippen LogP contribution in [-0.4, -0.2) is 29.0 Å². The van der Waals surface area contributed by atoms with E-state index in [0.717, 1.165) is 29.8 Å². The van der Waals surface area contributed by atoms with Crippen LogP contribution in [0, 0.1) is 6.92 Å². The highest BCUT2D eigenvalue weighted by molar-refractivity contribution is 5.92. The Balaban J connectivity index is 1.83. The van der Waals surface area contributed by atoms with Crippen molar-refractivity contribution in [3.63, 3.8) is 0 Å². The molecule has 0 spiro atoms. The molecular formula is C18H24FN3O2. The topological polar surface area (TPSA) is 56.1 Å². The predicted molar refractivity (Wildman–Crippen MR) is 90.9 cm³/mol. The molecule has 0 saturated carbocycles. The molecule has 1 amide bonds. The van der Waals surface area contributed by atoms with Gasteiger partial charge in [0, 0.05) is 13.6 Å². The van der Waals surface area contributed by atoms with Gasteiger partial charge in [-0.05, 0) is 49.9 Å². The fourth-order valence-corrected chi connectivity index (χ4v) is 2.40. The standard InChI is InChI=1S/C18H24FN3O2/c1-14-11-17(22(2)21-14)18(23)20-13-15-7-6-8-16(12-15)24-10-5-3-4-9-19/h6-8,11-12H,3-5,9-10,13H2,1-2H3,(H,20,23). The van der Waals surface area contributed by atoms with Gasteiger partial charge in [0.05, 0.1) is 19.0 Å². The van der Waals surface area contributed by atoms with E-state index in [-0.39, 0.29) is 12.6 Å². The highest BCUT2D eigenvalue weighted by Gasteiger charge is 2.11. The minimum absolute atomic E-state index is 0.157. The fraction of sp³-hybridized carbons (Fsp3) is 0.444.